The van der Waals surface area contributed by atoms with E-state index in [4.69, 9.17) is 4.74 Å². The van der Waals surface area contributed by atoms with Gasteiger partial charge in [0.25, 0.3) is 0 Å². The molecular formula is C13H20N4O3. The molecule has 0 unspecified atom stereocenters. The molecule has 7 heteroatoms. The second-order valence-corrected chi connectivity index (χ2v) is 6.02. The van der Waals surface area contributed by atoms with Crippen LogP contribution in [-0.4, -0.2) is 38.5 Å². The fraction of sp³-hybridized carbons (Fsp3) is 0.692. The molecule has 1 aliphatic carbocycles. The zero-order valence-electron chi connectivity index (χ0n) is 12.3. The molecule has 110 valence electrons. The van der Waals surface area contributed by atoms with Crippen LogP contribution in [0.15, 0.2) is 0 Å². The quantitative estimate of drug-likeness (QED) is 0.825. The van der Waals surface area contributed by atoms with Gasteiger partial charge in [-0.1, -0.05) is 5.21 Å². The second kappa shape index (κ2) is 5.22. The summed E-state index contributed by atoms with van der Waals surface area (Å²) >= 11 is 0. The topological polar surface area (TPSA) is 86.1 Å². The van der Waals surface area contributed by atoms with Gasteiger partial charge in [0, 0.05) is 6.04 Å². The molecule has 0 bridgehead atoms. The fourth-order valence-electron chi connectivity index (χ4n) is 1.66. The number of carbonyl (C=O) groups excluding carboxylic acids is 2. The Hall–Kier alpha value is -1.92. The average Bonchev–Trinajstić information content (AvgIpc) is 3.02. The molecule has 1 aromatic heterocycles. The second-order valence-electron chi connectivity index (χ2n) is 6.02. The first-order valence-electron chi connectivity index (χ1n) is 6.69. The highest BCUT2D eigenvalue weighted by Crippen LogP contribution is 2.18. The van der Waals surface area contributed by atoms with Gasteiger partial charge in [-0.05, 0) is 40.5 Å². The lowest BCUT2D eigenvalue weighted by Crippen LogP contribution is -2.30. The first-order valence-corrected chi connectivity index (χ1v) is 6.69. The molecule has 0 aliphatic heterocycles. The Morgan fingerprint density at radius 2 is 2.05 bits per heavy atom. The zero-order chi connectivity index (χ0) is 14.9. The van der Waals surface area contributed by atoms with Crippen molar-refractivity contribution in [1.82, 2.24) is 20.3 Å². The molecule has 7 nitrogen and oxygen atoms in total. The average molecular weight is 280 g/mol. The third-order valence-corrected chi connectivity index (χ3v) is 2.81. The Labute approximate surface area is 117 Å². The molecule has 2 rings (SSSR count). The van der Waals surface area contributed by atoms with E-state index in [1.807, 2.05) is 0 Å². The van der Waals surface area contributed by atoms with Gasteiger partial charge in [-0.2, -0.15) is 0 Å². The van der Waals surface area contributed by atoms with Crippen LogP contribution in [0.5, 0.6) is 0 Å². The van der Waals surface area contributed by atoms with Crippen LogP contribution in [0.1, 0.15) is 49.8 Å². The van der Waals surface area contributed by atoms with Crippen LogP contribution >= 0.6 is 0 Å². The highest BCUT2D eigenvalue weighted by molar-refractivity contribution is 5.88. The fourth-order valence-corrected chi connectivity index (χ4v) is 1.66. The molecule has 0 aromatic carbocycles. The van der Waals surface area contributed by atoms with E-state index in [0.29, 0.717) is 11.7 Å². The maximum absolute atomic E-state index is 11.9. The molecule has 1 aromatic rings. The Balaban J connectivity index is 2.02. The highest BCUT2D eigenvalue weighted by atomic mass is 16.6. The number of amides is 1. The maximum atomic E-state index is 11.9. The van der Waals surface area contributed by atoms with Crippen molar-refractivity contribution in [3.63, 3.8) is 0 Å². The van der Waals surface area contributed by atoms with Crippen molar-refractivity contribution in [3.05, 3.63) is 11.4 Å². The predicted octanol–water partition coefficient (Wildman–Crippen LogP) is 0.820. The number of aromatic nitrogens is 3. The summed E-state index contributed by atoms with van der Waals surface area (Å²) < 4.78 is 6.66. The van der Waals surface area contributed by atoms with Gasteiger partial charge < -0.3 is 10.1 Å². The van der Waals surface area contributed by atoms with E-state index in [1.54, 1.807) is 27.7 Å². The number of hydrogen-bond acceptors (Lipinski definition) is 5. The molecule has 1 fully saturated rings. The van der Waals surface area contributed by atoms with E-state index in [0.717, 1.165) is 12.8 Å². The number of hydrogen-bond donors (Lipinski definition) is 1. The number of nitrogens with zero attached hydrogens (tertiary/aromatic N) is 3. The zero-order valence-corrected chi connectivity index (χ0v) is 12.3. The molecule has 0 spiro atoms. The summed E-state index contributed by atoms with van der Waals surface area (Å²) in [7, 11) is 0. The first kappa shape index (κ1) is 14.5. The summed E-state index contributed by atoms with van der Waals surface area (Å²) in [5.74, 6) is -0.639. The van der Waals surface area contributed by atoms with Crippen molar-refractivity contribution < 1.29 is 14.3 Å². The molecule has 1 N–H and O–H groups in total. The molecule has 20 heavy (non-hydrogen) atoms. The third-order valence-electron chi connectivity index (χ3n) is 2.81. The number of rotatable bonds is 4. The highest BCUT2D eigenvalue weighted by Gasteiger charge is 2.26. The Morgan fingerprint density at radius 3 is 2.60 bits per heavy atom. The van der Waals surface area contributed by atoms with E-state index < -0.39 is 11.6 Å². The lowest BCUT2D eigenvalue weighted by Gasteiger charge is -2.18. The van der Waals surface area contributed by atoms with Gasteiger partial charge in [0.2, 0.25) is 5.91 Å². The number of nitrogens with one attached hydrogen (secondary N) is 1. The molecule has 0 radical (unpaired) electrons. The SMILES string of the molecule is Cc1c(C(=O)OC(C)(C)C)nnn1CC(=O)NC1CC1. The van der Waals surface area contributed by atoms with E-state index >= 15 is 0 Å². The Kier molecular flexibility index (Phi) is 3.78. The van der Waals surface area contributed by atoms with Crippen molar-refractivity contribution >= 4 is 11.9 Å². The van der Waals surface area contributed by atoms with Crippen LogP contribution in [0.25, 0.3) is 0 Å². The number of ether oxygens (including phenoxy) is 1. The first-order chi connectivity index (χ1) is 9.26. The predicted molar refractivity (Wildman–Crippen MR) is 71.1 cm³/mol. The van der Waals surface area contributed by atoms with E-state index in [-0.39, 0.29) is 18.1 Å². The van der Waals surface area contributed by atoms with Gasteiger partial charge in [-0.15, -0.1) is 5.10 Å². The summed E-state index contributed by atoms with van der Waals surface area (Å²) in [6.45, 7) is 7.12. The minimum atomic E-state index is -0.587. The molecule has 0 atom stereocenters. The van der Waals surface area contributed by atoms with Crippen LogP contribution in [-0.2, 0) is 16.1 Å². The summed E-state index contributed by atoms with van der Waals surface area (Å²) in [6.07, 6.45) is 2.07. The third kappa shape index (κ3) is 3.79. The molecule has 0 saturated heterocycles. The van der Waals surface area contributed by atoms with Crippen molar-refractivity contribution in [3.8, 4) is 0 Å². The summed E-state index contributed by atoms with van der Waals surface area (Å²) in [5, 5.41) is 10.5. The normalized spacial score (nSPS) is 15.0. The standard InChI is InChI=1S/C13H20N4O3/c1-8-11(12(19)20-13(2,3)4)15-16-17(8)7-10(18)14-9-5-6-9/h9H,5-7H2,1-4H3,(H,14,18). The van der Waals surface area contributed by atoms with Crippen LogP contribution in [0.3, 0.4) is 0 Å². The Morgan fingerprint density at radius 1 is 1.40 bits per heavy atom. The van der Waals surface area contributed by atoms with E-state index in [9.17, 15) is 9.59 Å². The largest absolute Gasteiger partial charge is 0.455 e. The monoisotopic (exact) mass is 280 g/mol. The van der Waals surface area contributed by atoms with Crippen molar-refractivity contribution in [2.45, 2.75) is 58.7 Å². The molecule has 1 heterocycles. The van der Waals surface area contributed by atoms with Crippen molar-refractivity contribution in [2.24, 2.45) is 0 Å². The van der Waals surface area contributed by atoms with Gasteiger partial charge in [-0.25, -0.2) is 9.48 Å². The molecular weight excluding hydrogens is 260 g/mol. The molecule has 1 aliphatic rings. The van der Waals surface area contributed by atoms with Gasteiger partial charge in [0.15, 0.2) is 5.69 Å². The van der Waals surface area contributed by atoms with E-state index in [2.05, 4.69) is 15.6 Å². The number of carbonyl (C=O) groups is 2. The minimum Gasteiger partial charge on any atom is -0.455 e. The van der Waals surface area contributed by atoms with Crippen LogP contribution < -0.4 is 5.32 Å². The Bertz CT molecular complexity index is 526. The van der Waals surface area contributed by atoms with Gasteiger partial charge >= 0.3 is 5.97 Å². The van der Waals surface area contributed by atoms with Crippen LogP contribution in [0.2, 0.25) is 0 Å². The summed E-state index contributed by atoms with van der Waals surface area (Å²) in [5.41, 5.74) is 0.0979. The number of esters is 1. The van der Waals surface area contributed by atoms with Crippen molar-refractivity contribution in [2.75, 3.05) is 0 Å². The smallest absolute Gasteiger partial charge is 0.361 e. The lowest BCUT2D eigenvalue weighted by atomic mass is 10.2. The van der Waals surface area contributed by atoms with Crippen LogP contribution in [0.4, 0.5) is 0 Å². The van der Waals surface area contributed by atoms with E-state index in [1.165, 1.54) is 4.68 Å². The van der Waals surface area contributed by atoms with Crippen LogP contribution in [0, 0.1) is 6.92 Å². The van der Waals surface area contributed by atoms with Gasteiger partial charge in [-0.3, -0.25) is 4.79 Å². The van der Waals surface area contributed by atoms with Crippen molar-refractivity contribution in [1.29, 1.82) is 0 Å². The maximum Gasteiger partial charge on any atom is 0.361 e. The summed E-state index contributed by atoms with van der Waals surface area (Å²) in [6, 6.07) is 0.302. The van der Waals surface area contributed by atoms with Gasteiger partial charge in [0.1, 0.15) is 12.1 Å². The molecule has 1 amide bonds. The van der Waals surface area contributed by atoms with Gasteiger partial charge in [0.05, 0.1) is 5.69 Å². The lowest BCUT2D eigenvalue weighted by molar-refractivity contribution is -0.122. The molecule has 1 saturated carbocycles. The summed E-state index contributed by atoms with van der Waals surface area (Å²) in [4.78, 5) is 23.6. The minimum absolute atomic E-state index is 0.0676.